The fourth-order valence-corrected chi connectivity index (χ4v) is 1.54. The summed E-state index contributed by atoms with van der Waals surface area (Å²) >= 11 is 0. The Bertz CT molecular complexity index is 536. The highest BCUT2D eigenvalue weighted by Crippen LogP contribution is 2.17. The third kappa shape index (κ3) is 4.27. The van der Waals surface area contributed by atoms with Crippen LogP contribution in [0.1, 0.15) is 6.92 Å². The maximum absolute atomic E-state index is 11.4. The van der Waals surface area contributed by atoms with E-state index in [4.69, 9.17) is 16.2 Å². The molecule has 0 saturated carbocycles. The van der Waals surface area contributed by atoms with E-state index in [-0.39, 0.29) is 5.75 Å². The third-order valence-electron chi connectivity index (χ3n) is 2.62. The molecule has 0 spiro atoms. The maximum atomic E-state index is 11.4. The number of carboxylic acids is 1. The summed E-state index contributed by atoms with van der Waals surface area (Å²) in [6.45, 7) is 1.13. The lowest BCUT2D eigenvalue weighted by molar-refractivity contribution is -0.148. The Balaban J connectivity index is 3.11. The Morgan fingerprint density at radius 3 is 2.19 bits per heavy atom. The van der Waals surface area contributed by atoms with Gasteiger partial charge in [0.25, 0.3) is 0 Å². The summed E-state index contributed by atoms with van der Waals surface area (Å²) in [7, 11) is 0. The number of primary amides is 2. The number of urea groups is 2. The molecular weight excluding hydrogens is 280 g/mol. The number of para-hydroxylation sites is 1. The molecule has 9 heteroatoms. The first-order valence-electron chi connectivity index (χ1n) is 5.84. The Morgan fingerprint density at radius 1 is 1.19 bits per heavy atom. The van der Waals surface area contributed by atoms with Crippen molar-refractivity contribution in [1.29, 1.82) is 0 Å². The van der Waals surface area contributed by atoms with Gasteiger partial charge in [-0.15, -0.1) is 0 Å². The summed E-state index contributed by atoms with van der Waals surface area (Å²) < 4.78 is 5.39. The lowest BCUT2D eigenvalue weighted by Crippen LogP contribution is -2.68. The van der Waals surface area contributed by atoms with Gasteiger partial charge >= 0.3 is 18.0 Å². The number of carboxylic acid groups (broad SMARTS) is 1. The highest BCUT2D eigenvalue weighted by atomic mass is 16.5. The van der Waals surface area contributed by atoms with Gasteiger partial charge in [0.05, 0.1) is 0 Å². The molecule has 2 atom stereocenters. The summed E-state index contributed by atoms with van der Waals surface area (Å²) in [5.41, 5.74) is 7.96. The van der Waals surface area contributed by atoms with Crippen LogP contribution in [0.2, 0.25) is 0 Å². The molecule has 114 valence electrons. The molecule has 2 unspecified atom stereocenters. The van der Waals surface area contributed by atoms with Crippen molar-refractivity contribution in [2.45, 2.75) is 18.7 Å². The molecule has 4 amide bonds. The molecule has 0 heterocycles. The molecular formula is C12H16N4O5. The average Bonchev–Trinajstić information content (AvgIpc) is 2.37. The molecule has 0 aromatic heterocycles. The van der Waals surface area contributed by atoms with Gasteiger partial charge < -0.3 is 31.9 Å². The van der Waals surface area contributed by atoms with Crippen molar-refractivity contribution in [3.05, 3.63) is 30.3 Å². The van der Waals surface area contributed by atoms with Crippen LogP contribution in [-0.2, 0) is 4.79 Å². The van der Waals surface area contributed by atoms with Gasteiger partial charge in [0, 0.05) is 0 Å². The zero-order chi connectivity index (χ0) is 16.0. The summed E-state index contributed by atoms with van der Waals surface area (Å²) in [4.78, 5) is 33.5. The van der Waals surface area contributed by atoms with Gasteiger partial charge in [-0.3, -0.25) is 0 Å². The summed E-state index contributed by atoms with van der Waals surface area (Å²) in [6, 6.07) is 6.00. The number of hydrogen-bond acceptors (Lipinski definition) is 4. The molecule has 1 aromatic carbocycles. The maximum Gasteiger partial charge on any atom is 0.335 e. The Hall–Kier alpha value is -2.97. The van der Waals surface area contributed by atoms with Crippen molar-refractivity contribution in [2.24, 2.45) is 11.5 Å². The number of aliphatic carboxylic acids is 1. The predicted octanol–water partition coefficient (Wildman–Crippen LogP) is -0.429. The number of amides is 4. The Morgan fingerprint density at radius 2 is 1.76 bits per heavy atom. The van der Waals surface area contributed by atoms with E-state index in [1.807, 2.05) is 5.32 Å². The first-order valence-corrected chi connectivity index (χ1v) is 5.84. The van der Waals surface area contributed by atoms with Crippen LogP contribution in [0.5, 0.6) is 5.75 Å². The van der Waals surface area contributed by atoms with Gasteiger partial charge in [0.15, 0.2) is 5.54 Å². The van der Waals surface area contributed by atoms with E-state index in [0.717, 1.165) is 6.92 Å². The highest BCUT2D eigenvalue weighted by Gasteiger charge is 2.45. The van der Waals surface area contributed by atoms with Crippen LogP contribution in [0.4, 0.5) is 9.59 Å². The first-order chi connectivity index (χ1) is 9.75. The number of nitrogens with two attached hydrogens (primary N) is 2. The number of carbonyl (C=O) groups excluding carboxylic acids is 2. The molecule has 0 aliphatic carbocycles. The minimum atomic E-state index is -2.02. The van der Waals surface area contributed by atoms with E-state index in [1.165, 1.54) is 0 Å². The van der Waals surface area contributed by atoms with Crippen molar-refractivity contribution in [3.63, 3.8) is 0 Å². The normalized spacial score (nSPS) is 14.3. The van der Waals surface area contributed by atoms with Crippen molar-refractivity contribution >= 4 is 18.0 Å². The van der Waals surface area contributed by atoms with Crippen LogP contribution in [0.25, 0.3) is 0 Å². The van der Waals surface area contributed by atoms with E-state index in [1.54, 1.807) is 30.3 Å². The fraction of sp³-hybridized carbons (Fsp3) is 0.250. The molecule has 0 aliphatic heterocycles. The smallest absolute Gasteiger partial charge is 0.335 e. The molecule has 1 aromatic rings. The van der Waals surface area contributed by atoms with Crippen LogP contribution in [0.15, 0.2) is 30.3 Å². The average molecular weight is 296 g/mol. The van der Waals surface area contributed by atoms with Gasteiger partial charge in [0.1, 0.15) is 5.75 Å². The van der Waals surface area contributed by atoms with E-state index >= 15 is 0 Å². The SMILES string of the molecule is CC(NC(N)=O)(C(=O)O)C(NC(N)=O)Oc1ccccc1. The molecule has 9 nitrogen and oxygen atoms in total. The van der Waals surface area contributed by atoms with Crippen LogP contribution in [-0.4, -0.2) is 34.9 Å². The van der Waals surface area contributed by atoms with Gasteiger partial charge in [-0.1, -0.05) is 18.2 Å². The largest absolute Gasteiger partial charge is 0.479 e. The molecule has 21 heavy (non-hydrogen) atoms. The predicted molar refractivity (Wildman–Crippen MR) is 72.3 cm³/mol. The fourth-order valence-electron chi connectivity index (χ4n) is 1.54. The minimum Gasteiger partial charge on any atom is -0.479 e. The lowest BCUT2D eigenvalue weighted by Gasteiger charge is -2.33. The zero-order valence-electron chi connectivity index (χ0n) is 11.2. The minimum absolute atomic E-state index is 0.273. The number of carbonyl (C=O) groups is 3. The topological polar surface area (TPSA) is 157 Å². The molecule has 1 rings (SSSR count). The van der Waals surface area contributed by atoms with E-state index < -0.39 is 29.8 Å². The van der Waals surface area contributed by atoms with Crippen LogP contribution >= 0.6 is 0 Å². The van der Waals surface area contributed by atoms with Crippen LogP contribution in [0.3, 0.4) is 0 Å². The zero-order valence-corrected chi connectivity index (χ0v) is 11.2. The number of hydrogen-bond donors (Lipinski definition) is 5. The molecule has 7 N–H and O–H groups in total. The van der Waals surface area contributed by atoms with Crippen molar-refractivity contribution in [2.75, 3.05) is 0 Å². The van der Waals surface area contributed by atoms with Gasteiger partial charge in [-0.2, -0.15) is 0 Å². The third-order valence-corrected chi connectivity index (χ3v) is 2.62. The molecule has 0 radical (unpaired) electrons. The summed E-state index contributed by atoms with van der Waals surface area (Å²) in [5.74, 6) is -1.19. The highest BCUT2D eigenvalue weighted by molar-refractivity contribution is 5.86. The monoisotopic (exact) mass is 296 g/mol. The molecule has 0 aliphatic rings. The Kier molecular flexibility index (Phi) is 4.95. The van der Waals surface area contributed by atoms with Crippen LogP contribution < -0.4 is 26.8 Å². The van der Waals surface area contributed by atoms with Crippen molar-refractivity contribution in [1.82, 2.24) is 10.6 Å². The second-order valence-corrected chi connectivity index (χ2v) is 4.32. The summed E-state index contributed by atoms with van der Waals surface area (Å²) in [5, 5.41) is 13.4. The molecule has 0 saturated heterocycles. The van der Waals surface area contributed by atoms with Gasteiger partial charge in [-0.05, 0) is 19.1 Å². The quantitative estimate of drug-likeness (QED) is 0.450. The number of benzene rings is 1. The van der Waals surface area contributed by atoms with Gasteiger partial charge in [-0.25, -0.2) is 14.4 Å². The van der Waals surface area contributed by atoms with E-state index in [9.17, 15) is 19.5 Å². The van der Waals surface area contributed by atoms with E-state index in [0.29, 0.717) is 0 Å². The standard InChI is InChI=1S/C12H16N4O5/c1-12(9(17)18,16-11(14)20)8(15-10(13)19)21-7-5-3-2-4-6-7/h2-6,8H,1H3,(H,17,18)(H3,13,15,19)(H3,14,16,20). The number of nitrogens with one attached hydrogen (secondary N) is 2. The van der Waals surface area contributed by atoms with Crippen LogP contribution in [0, 0.1) is 0 Å². The molecule has 0 bridgehead atoms. The second kappa shape index (κ2) is 6.46. The first kappa shape index (κ1) is 16.1. The lowest BCUT2D eigenvalue weighted by atomic mass is 10.00. The van der Waals surface area contributed by atoms with Gasteiger partial charge in [0.2, 0.25) is 6.23 Å². The summed E-state index contributed by atoms with van der Waals surface area (Å²) in [6.07, 6.45) is -1.47. The van der Waals surface area contributed by atoms with Crippen molar-refractivity contribution in [3.8, 4) is 5.75 Å². The molecule has 0 fully saturated rings. The second-order valence-electron chi connectivity index (χ2n) is 4.32. The number of ether oxygens (including phenoxy) is 1. The number of rotatable bonds is 6. The van der Waals surface area contributed by atoms with E-state index in [2.05, 4.69) is 5.32 Å². The van der Waals surface area contributed by atoms with Crippen molar-refractivity contribution < 1.29 is 24.2 Å². The Labute approximate surface area is 120 Å².